The summed E-state index contributed by atoms with van der Waals surface area (Å²) in [4.78, 5) is 24.8. The lowest BCUT2D eigenvalue weighted by atomic mass is 10.1. The van der Waals surface area contributed by atoms with E-state index < -0.39 is 11.9 Å². The third kappa shape index (κ3) is 4.89. The van der Waals surface area contributed by atoms with Crippen LogP contribution in [0.4, 0.5) is 0 Å². The second-order valence-electron chi connectivity index (χ2n) is 6.24. The van der Waals surface area contributed by atoms with Gasteiger partial charge in [-0.15, -0.1) is 0 Å². The van der Waals surface area contributed by atoms with Crippen molar-refractivity contribution >= 4 is 11.9 Å². The Balaban J connectivity index is 2.53. The Kier molecular flexibility index (Phi) is 8.01. The number of unbranched alkanes of at least 4 members (excludes halogenated alkanes) is 1. The maximum atomic E-state index is 12.5. The summed E-state index contributed by atoms with van der Waals surface area (Å²) in [6.07, 6.45) is 2.18. The molecule has 0 aliphatic carbocycles. The number of rotatable bonds is 10. The summed E-state index contributed by atoms with van der Waals surface area (Å²) in [6.45, 7) is 2.55. The molecule has 2 N–H and O–H groups in total. The average molecular weight is 389 g/mol. The van der Waals surface area contributed by atoms with E-state index in [0.717, 1.165) is 18.4 Å². The van der Waals surface area contributed by atoms with E-state index in [0.29, 0.717) is 13.0 Å². The standard InChI is InChI=1S/C20H27N3O5/c1-4-5-11-28-18-16(19(24)26-2)22-23(17(18)20(25)27-3)15(13-21)12-14-9-7-6-8-10-14/h6-10,15H,4-5,11-13,21H2,1-3H3. The van der Waals surface area contributed by atoms with Gasteiger partial charge in [0.05, 0.1) is 26.9 Å². The molecule has 1 aromatic carbocycles. The van der Waals surface area contributed by atoms with E-state index in [-0.39, 0.29) is 29.7 Å². The van der Waals surface area contributed by atoms with Crippen molar-refractivity contribution in [2.75, 3.05) is 27.4 Å². The van der Waals surface area contributed by atoms with Gasteiger partial charge in [0.15, 0.2) is 11.4 Å². The first kappa shape index (κ1) is 21.4. The quantitative estimate of drug-likeness (QED) is 0.491. The lowest BCUT2D eigenvalue weighted by molar-refractivity contribution is 0.0576. The number of ether oxygens (including phenoxy) is 3. The van der Waals surface area contributed by atoms with Crippen molar-refractivity contribution < 1.29 is 23.8 Å². The van der Waals surface area contributed by atoms with E-state index in [1.54, 1.807) is 0 Å². The van der Waals surface area contributed by atoms with Gasteiger partial charge in [-0.05, 0) is 18.4 Å². The SMILES string of the molecule is CCCCOc1c(C(=O)OC)nn(C(CN)Cc2ccccc2)c1C(=O)OC. The van der Waals surface area contributed by atoms with Crippen LogP contribution >= 0.6 is 0 Å². The highest BCUT2D eigenvalue weighted by Gasteiger charge is 2.32. The molecule has 1 unspecified atom stereocenters. The lowest BCUT2D eigenvalue weighted by Gasteiger charge is -2.18. The molecule has 1 heterocycles. The van der Waals surface area contributed by atoms with E-state index in [1.165, 1.54) is 18.9 Å². The van der Waals surface area contributed by atoms with Gasteiger partial charge in [-0.3, -0.25) is 0 Å². The first-order chi connectivity index (χ1) is 13.6. The summed E-state index contributed by atoms with van der Waals surface area (Å²) >= 11 is 0. The van der Waals surface area contributed by atoms with E-state index in [1.807, 2.05) is 37.3 Å². The minimum atomic E-state index is -0.689. The summed E-state index contributed by atoms with van der Waals surface area (Å²) in [6, 6.07) is 9.32. The fourth-order valence-corrected chi connectivity index (χ4v) is 2.81. The number of hydrogen-bond acceptors (Lipinski definition) is 7. The van der Waals surface area contributed by atoms with Crippen LogP contribution < -0.4 is 10.5 Å². The molecule has 2 aromatic rings. The Morgan fingerprint density at radius 1 is 1.14 bits per heavy atom. The zero-order valence-corrected chi connectivity index (χ0v) is 16.5. The van der Waals surface area contributed by atoms with Gasteiger partial charge in [0, 0.05) is 6.54 Å². The molecule has 1 atom stereocenters. The molecular formula is C20H27N3O5. The topological polar surface area (TPSA) is 106 Å². The minimum Gasteiger partial charge on any atom is -0.488 e. The molecule has 0 spiro atoms. The number of methoxy groups -OCH3 is 2. The second kappa shape index (κ2) is 10.5. The molecule has 28 heavy (non-hydrogen) atoms. The molecule has 2 rings (SSSR count). The van der Waals surface area contributed by atoms with Crippen LogP contribution in [0.25, 0.3) is 0 Å². The van der Waals surface area contributed by atoms with Crippen LogP contribution in [-0.4, -0.2) is 49.1 Å². The fraction of sp³-hybridized carbons (Fsp3) is 0.450. The minimum absolute atomic E-state index is 0.0605. The van der Waals surface area contributed by atoms with Crippen molar-refractivity contribution in [3.05, 3.63) is 47.3 Å². The van der Waals surface area contributed by atoms with Crippen molar-refractivity contribution in [2.45, 2.75) is 32.2 Å². The van der Waals surface area contributed by atoms with Crippen molar-refractivity contribution in [2.24, 2.45) is 5.73 Å². The number of nitrogens with two attached hydrogens (primary N) is 1. The summed E-state index contributed by atoms with van der Waals surface area (Å²) in [5.41, 5.74) is 7.00. The van der Waals surface area contributed by atoms with Gasteiger partial charge in [0.1, 0.15) is 0 Å². The Morgan fingerprint density at radius 3 is 2.39 bits per heavy atom. The van der Waals surface area contributed by atoms with Gasteiger partial charge in [0.25, 0.3) is 0 Å². The monoisotopic (exact) mass is 389 g/mol. The van der Waals surface area contributed by atoms with Crippen LogP contribution in [0, 0.1) is 0 Å². The molecule has 0 amide bonds. The normalized spacial score (nSPS) is 11.7. The highest BCUT2D eigenvalue weighted by Crippen LogP contribution is 2.29. The Labute approximate surface area is 164 Å². The third-order valence-electron chi connectivity index (χ3n) is 4.30. The summed E-state index contributed by atoms with van der Waals surface area (Å²) in [7, 11) is 2.52. The summed E-state index contributed by atoms with van der Waals surface area (Å²) in [5, 5.41) is 4.33. The number of hydrogen-bond donors (Lipinski definition) is 1. The third-order valence-corrected chi connectivity index (χ3v) is 4.30. The fourth-order valence-electron chi connectivity index (χ4n) is 2.81. The van der Waals surface area contributed by atoms with Crippen molar-refractivity contribution in [3.8, 4) is 5.75 Å². The smallest absolute Gasteiger partial charge is 0.362 e. The number of benzene rings is 1. The molecule has 0 saturated heterocycles. The molecule has 8 heteroatoms. The zero-order chi connectivity index (χ0) is 20.5. The number of esters is 2. The molecule has 0 fully saturated rings. The van der Waals surface area contributed by atoms with Crippen LogP contribution in [0.15, 0.2) is 30.3 Å². The van der Waals surface area contributed by atoms with Crippen LogP contribution in [0.2, 0.25) is 0 Å². The van der Waals surface area contributed by atoms with Gasteiger partial charge in [-0.25, -0.2) is 14.3 Å². The van der Waals surface area contributed by atoms with Crippen LogP contribution in [0.5, 0.6) is 5.75 Å². The van der Waals surface area contributed by atoms with Crippen LogP contribution in [0.3, 0.4) is 0 Å². The maximum absolute atomic E-state index is 12.5. The molecule has 0 aliphatic rings. The van der Waals surface area contributed by atoms with Crippen molar-refractivity contribution in [1.82, 2.24) is 9.78 Å². The van der Waals surface area contributed by atoms with E-state index in [4.69, 9.17) is 19.9 Å². The Hall–Kier alpha value is -2.87. The van der Waals surface area contributed by atoms with Gasteiger partial charge >= 0.3 is 11.9 Å². The number of aromatic nitrogens is 2. The maximum Gasteiger partial charge on any atom is 0.362 e. The first-order valence-electron chi connectivity index (χ1n) is 9.23. The highest BCUT2D eigenvalue weighted by molar-refractivity contribution is 5.98. The van der Waals surface area contributed by atoms with E-state index in [9.17, 15) is 9.59 Å². The van der Waals surface area contributed by atoms with Gasteiger partial charge in [-0.1, -0.05) is 43.7 Å². The predicted molar refractivity (Wildman–Crippen MR) is 104 cm³/mol. The largest absolute Gasteiger partial charge is 0.488 e. The van der Waals surface area contributed by atoms with Crippen LogP contribution in [-0.2, 0) is 15.9 Å². The van der Waals surface area contributed by atoms with Gasteiger partial charge < -0.3 is 19.9 Å². The molecule has 0 saturated carbocycles. The number of carbonyl (C=O) groups is 2. The zero-order valence-electron chi connectivity index (χ0n) is 16.5. The Morgan fingerprint density at radius 2 is 1.82 bits per heavy atom. The van der Waals surface area contributed by atoms with E-state index in [2.05, 4.69) is 5.10 Å². The molecule has 0 radical (unpaired) electrons. The number of carbonyl (C=O) groups excluding carboxylic acids is 2. The summed E-state index contributed by atoms with van der Waals surface area (Å²) in [5.74, 6) is -1.27. The molecular weight excluding hydrogens is 362 g/mol. The summed E-state index contributed by atoms with van der Waals surface area (Å²) < 4.78 is 16.9. The first-order valence-corrected chi connectivity index (χ1v) is 9.23. The molecule has 0 aliphatic heterocycles. The van der Waals surface area contributed by atoms with Gasteiger partial charge in [0.2, 0.25) is 5.69 Å². The van der Waals surface area contributed by atoms with Crippen molar-refractivity contribution in [3.63, 3.8) is 0 Å². The van der Waals surface area contributed by atoms with Crippen LogP contribution in [0.1, 0.15) is 52.3 Å². The lowest BCUT2D eigenvalue weighted by Crippen LogP contribution is -2.26. The van der Waals surface area contributed by atoms with E-state index >= 15 is 0 Å². The Bertz CT molecular complexity index is 789. The number of nitrogens with zero attached hydrogens (tertiary/aromatic N) is 2. The second-order valence-corrected chi connectivity index (χ2v) is 6.24. The van der Waals surface area contributed by atoms with Crippen molar-refractivity contribution in [1.29, 1.82) is 0 Å². The predicted octanol–water partition coefficient (Wildman–Crippen LogP) is 2.38. The van der Waals surface area contributed by atoms with Gasteiger partial charge in [-0.2, -0.15) is 5.10 Å². The average Bonchev–Trinajstić information content (AvgIpc) is 3.11. The molecule has 152 valence electrons. The highest BCUT2D eigenvalue weighted by atomic mass is 16.5. The molecule has 8 nitrogen and oxygen atoms in total. The molecule has 1 aromatic heterocycles. The molecule has 0 bridgehead atoms.